The van der Waals surface area contributed by atoms with E-state index in [-0.39, 0.29) is 11.8 Å². The molecule has 6 nitrogen and oxygen atoms in total. The van der Waals surface area contributed by atoms with Gasteiger partial charge in [-0.15, -0.1) is 0 Å². The van der Waals surface area contributed by atoms with Gasteiger partial charge in [-0.1, -0.05) is 20.4 Å². The molecular formula is C19H26N2O4. The molecule has 6 heteroatoms. The fraction of sp³-hybridized carbons (Fsp3) is 0.421. The average molecular weight is 346 g/mol. The first-order valence-electron chi connectivity index (χ1n) is 8.05. The molecule has 0 aromatic heterocycles. The van der Waals surface area contributed by atoms with Crippen molar-refractivity contribution >= 4 is 24.0 Å². The molecule has 0 saturated heterocycles. The van der Waals surface area contributed by atoms with Crippen LogP contribution in [0.25, 0.3) is 0 Å². The minimum Gasteiger partial charge on any atom is -0.423 e. The summed E-state index contributed by atoms with van der Waals surface area (Å²) in [5.41, 5.74) is 2.33. The molecule has 136 valence electrons. The highest BCUT2D eigenvalue weighted by Gasteiger charge is 2.26. The lowest BCUT2D eigenvalue weighted by atomic mass is 10.0. The summed E-state index contributed by atoms with van der Waals surface area (Å²) in [4.78, 5) is 36.6. The Kier molecular flexibility index (Phi) is 6.91. The van der Waals surface area contributed by atoms with Crippen molar-refractivity contribution in [3.8, 4) is 5.75 Å². The van der Waals surface area contributed by atoms with E-state index >= 15 is 0 Å². The third-order valence-corrected chi connectivity index (χ3v) is 3.78. The number of aryl methyl sites for hydroxylation is 2. The van der Waals surface area contributed by atoms with Crippen LogP contribution >= 0.6 is 0 Å². The van der Waals surface area contributed by atoms with E-state index in [0.717, 1.165) is 11.1 Å². The minimum atomic E-state index is -0.570. The van der Waals surface area contributed by atoms with Crippen LogP contribution in [0.3, 0.4) is 0 Å². The molecule has 1 aromatic rings. The third-order valence-electron chi connectivity index (χ3n) is 3.78. The summed E-state index contributed by atoms with van der Waals surface area (Å²) in [5, 5.41) is 2.83. The molecule has 2 amide bonds. The molecule has 1 N–H and O–H groups in total. The maximum atomic E-state index is 12.5. The smallest absolute Gasteiger partial charge is 0.338 e. The third kappa shape index (κ3) is 5.17. The van der Waals surface area contributed by atoms with Crippen LogP contribution in [-0.4, -0.2) is 36.3 Å². The van der Waals surface area contributed by atoms with Gasteiger partial charge in [-0.2, -0.15) is 0 Å². The fourth-order valence-electron chi connectivity index (χ4n) is 2.60. The van der Waals surface area contributed by atoms with Gasteiger partial charge in [0.15, 0.2) is 0 Å². The first kappa shape index (κ1) is 20.4. The molecule has 0 aliphatic carbocycles. The van der Waals surface area contributed by atoms with E-state index in [1.54, 1.807) is 40.0 Å². The molecule has 0 saturated carbocycles. The Balaban J connectivity index is 3.04. The molecule has 0 bridgehead atoms. The number of anilines is 1. The molecule has 0 radical (unpaired) electrons. The van der Waals surface area contributed by atoms with E-state index in [1.165, 1.54) is 4.90 Å². The lowest BCUT2D eigenvalue weighted by molar-refractivity contribution is -0.130. The van der Waals surface area contributed by atoms with Crippen molar-refractivity contribution in [1.82, 2.24) is 4.90 Å². The van der Waals surface area contributed by atoms with Gasteiger partial charge in [0.05, 0.1) is 0 Å². The van der Waals surface area contributed by atoms with Gasteiger partial charge in [-0.05, 0) is 49.9 Å². The summed E-state index contributed by atoms with van der Waals surface area (Å²) < 4.78 is 5.33. The SMILES string of the molecule is C=C(C)C(=O)Oc1c(C)cc(NC(=O)[C@H](C(C)C)N(C)C=O)cc1C. The van der Waals surface area contributed by atoms with Gasteiger partial charge >= 0.3 is 5.97 Å². The number of nitrogens with zero attached hydrogens (tertiary/aromatic N) is 1. The van der Waals surface area contributed by atoms with Gasteiger partial charge in [-0.3, -0.25) is 9.59 Å². The molecule has 0 heterocycles. The first-order chi connectivity index (χ1) is 11.6. The lowest BCUT2D eigenvalue weighted by Crippen LogP contribution is -2.44. The van der Waals surface area contributed by atoms with Gasteiger partial charge in [0, 0.05) is 18.3 Å². The second-order valence-electron chi connectivity index (χ2n) is 6.56. The number of amides is 2. The number of benzene rings is 1. The summed E-state index contributed by atoms with van der Waals surface area (Å²) >= 11 is 0. The largest absolute Gasteiger partial charge is 0.423 e. The van der Waals surface area contributed by atoms with Gasteiger partial charge in [0.2, 0.25) is 12.3 Å². The van der Waals surface area contributed by atoms with Crippen LogP contribution in [0.4, 0.5) is 5.69 Å². The number of ether oxygens (including phenoxy) is 1. The van der Waals surface area contributed by atoms with Crippen molar-refractivity contribution in [3.05, 3.63) is 35.4 Å². The Labute approximate surface area is 148 Å². The highest BCUT2D eigenvalue weighted by molar-refractivity contribution is 5.96. The zero-order chi connectivity index (χ0) is 19.3. The number of hydrogen-bond acceptors (Lipinski definition) is 4. The van der Waals surface area contributed by atoms with Crippen molar-refractivity contribution in [2.75, 3.05) is 12.4 Å². The van der Waals surface area contributed by atoms with Gasteiger partial charge in [0.1, 0.15) is 11.8 Å². The molecule has 0 aliphatic rings. The topological polar surface area (TPSA) is 75.7 Å². The van der Waals surface area contributed by atoms with Crippen molar-refractivity contribution < 1.29 is 19.1 Å². The van der Waals surface area contributed by atoms with Crippen molar-refractivity contribution in [2.24, 2.45) is 5.92 Å². The van der Waals surface area contributed by atoms with Crippen LogP contribution in [0.2, 0.25) is 0 Å². The van der Waals surface area contributed by atoms with Crippen molar-refractivity contribution in [3.63, 3.8) is 0 Å². The number of carbonyl (C=O) groups is 3. The second-order valence-corrected chi connectivity index (χ2v) is 6.56. The van der Waals surface area contributed by atoms with Crippen molar-refractivity contribution in [1.29, 1.82) is 0 Å². The van der Waals surface area contributed by atoms with Gasteiger partial charge in [-0.25, -0.2) is 4.79 Å². The summed E-state index contributed by atoms with van der Waals surface area (Å²) in [6, 6.07) is 2.88. The standard InChI is InChI=1S/C19H26N2O4/c1-11(2)16(21(7)10-22)18(23)20-15-8-13(5)17(14(6)9-15)25-19(24)12(3)4/h8-11,16H,3H2,1-2,4-7H3,(H,20,23)/t16-/m0/s1. The Hall–Kier alpha value is -2.63. The first-order valence-corrected chi connectivity index (χ1v) is 8.05. The van der Waals surface area contributed by atoms with E-state index in [4.69, 9.17) is 4.74 Å². The molecule has 25 heavy (non-hydrogen) atoms. The number of hydrogen-bond donors (Lipinski definition) is 1. The van der Waals surface area contributed by atoms with Gasteiger partial charge in [0.25, 0.3) is 0 Å². The molecule has 1 atom stereocenters. The predicted molar refractivity (Wildman–Crippen MR) is 97.4 cm³/mol. The molecule has 1 aromatic carbocycles. The number of rotatable bonds is 7. The summed E-state index contributed by atoms with van der Waals surface area (Å²) in [6.07, 6.45) is 0.640. The zero-order valence-electron chi connectivity index (χ0n) is 15.7. The van der Waals surface area contributed by atoms with E-state index < -0.39 is 12.0 Å². The van der Waals surface area contributed by atoms with Crippen LogP contribution < -0.4 is 10.1 Å². The normalized spacial score (nSPS) is 11.6. The molecule has 0 aliphatic heterocycles. The number of carbonyl (C=O) groups excluding carboxylic acids is 3. The Morgan fingerprint density at radius 3 is 2.16 bits per heavy atom. The van der Waals surface area contributed by atoms with Crippen LogP contribution in [0.1, 0.15) is 31.9 Å². The number of nitrogens with one attached hydrogen (secondary N) is 1. The average Bonchev–Trinajstić information content (AvgIpc) is 2.49. The molecule has 0 fully saturated rings. The maximum Gasteiger partial charge on any atom is 0.338 e. The molecule has 0 unspecified atom stereocenters. The summed E-state index contributed by atoms with van der Waals surface area (Å²) in [7, 11) is 1.58. The molecular weight excluding hydrogens is 320 g/mol. The molecule has 0 spiro atoms. The van der Waals surface area contributed by atoms with E-state index in [0.29, 0.717) is 23.4 Å². The number of esters is 1. The fourth-order valence-corrected chi connectivity index (χ4v) is 2.60. The van der Waals surface area contributed by atoms with Crippen LogP contribution in [-0.2, 0) is 14.4 Å². The maximum absolute atomic E-state index is 12.5. The minimum absolute atomic E-state index is 0.0341. The monoisotopic (exact) mass is 346 g/mol. The van der Waals surface area contributed by atoms with Gasteiger partial charge < -0.3 is 15.0 Å². The summed E-state index contributed by atoms with van der Waals surface area (Å²) in [6.45, 7) is 12.5. The van der Waals surface area contributed by atoms with E-state index in [9.17, 15) is 14.4 Å². The van der Waals surface area contributed by atoms with Crippen LogP contribution in [0, 0.1) is 19.8 Å². The quantitative estimate of drug-likeness (QED) is 0.356. The predicted octanol–water partition coefficient (Wildman–Crippen LogP) is 2.84. The van der Waals surface area contributed by atoms with Crippen LogP contribution in [0.5, 0.6) is 5.75 Å². The summed E-state index contributed by atoms with van der Waals surface area (Å²) in [5.74, 6) is -0.338. The highest BCUT2D eigenvalue weighted by Crippen LogP contribution is 2.28. The Morgan fingerprint density at radius 2 is 1.76 bits per heavy atom. The van der Waals surface area contributed by atoms with Crippen molar-refractivity contribution in [2.45, 2.75) is 40.7 Å². The second kappa shape index (κ2) is 8.46. The highest BCUT2D eigenvalue weighted by atomic mass is 16.5. The lowest BCUT2D eigenvalue weighted by Gasteiger charge is -2.27. The van der Waals surface area contributed by atoms with E-state index in [1.807, 2.05) is 13.8 Å². The molecule has 1 rings (SSSR count). The number of likely N-dealkylation sites (N-methyl/N-ethyl adjacent to an activating group) is 1. The Morgan fingerprint density at radius 1 is 1.24 bits per heavy atom. The van der Waals surface area contributed by atoms with E-state index in [2.05, 4.69) is 11.9 Å². The Bertz CT molecular complexity index is 672. The van der Waals surface area contributed by atoms with Crippen LogP contribution in [0.15, 0.2) is 24.3 Å². The zero-order valence-corrected chi connectivity index (χ0v) is 15.7.